The second-order valence-electron chi connectivity index (χ2n) is 7.62. The molecular formula is C23H23ClN6O. The highest BCUT2D eigenvalue weighted by Gasteiger charge is 2.19. The van der Waals surface area contributed by atoms with Crippen molar-refractivity contribution in [3.63, 3.8) is 0 Å². The van der Waals surface area contributed by atoms with E-state index in [1.807, 2.05) is 35.9 Å². The lowest BCUT2D eigenvalue weighted by Gasteiger charge is -2.36. The van der Waals surface area contributed by atoms with Crippen LogP contribution in [0.15, 0.2) is 55.2 Å². The first-order chi connectivity index (χ1) is 15.1. The molecule has 7 nitrogen and oxygen atoms in total. The summed E-state index contributed by atoms with van der Waals surface area (Å²) in [5.74, 6) is 1.61. The molecule has 0 atom stereocenters. The normalized spacial score (nSPS) is 14.3. The number of fused-ring (bicyclic) bond motifs is 1. The van der Waals surface area contributed by atoms with Crippen LogP contribution in [-0.4, -0.2) is 52.6 Å². The van der Waals surface area contributed by atoms with Crippen LogP contribution in [0, 0.1) is 6.92 Å². The second-order valence-corrected chi connectivity index (χ2v) is 8.02. The summed E-state index contributed by atoms with van der Waals surface area (Å²) < 4.78 is 7.37. The SMILES string of the molecule is COc1cc(C)c(-c2cn3ccc(N4CCN(c5cnccn5)CC4)cc3n2)cc1Cl. The van der Waals surface area contributed by atoms with E-state index < -0.39 is 0 Å². The fourth-order valence-electron chi connectivity index (χ4n) is 4.03. The summed E-state index contributed by atoms with van der Waals surface area (Å²) in [7, 11) is 1.62. The van der Waals surface area contributed by atoms with Gasteiger partial charge in [-0.2, -0.15) is 0 Å². The molecule has 0 aliphatic carbocycles. The third-order valence-electron chi connectivity index (χ3n) is 5.74. The molecule has 1 aliphatic heterocycles. The molecule has 8 heteroatoms. The molecule has 0 radical (unpaired) electrons. The van der Waals surface area contributed by atoms with Gasteiger partial charge in [-0.1, -0.05) is 11.6 Å². The third kappa shape index (κ3) is 3.77. The second kappa shape index (κ2) is 8.07. The zero-order valence-corrected chi connectivity index (χ0v) is 18.3. The van der Waals surface area contributed by atoms with Crippen LogP contribution in [0.5, 0.6) is 5.75 Å². The molecule has 0 spiro atoms. The Kier molecular flexibility index (Phi) is 5.11. The zero-order valence-electron chi connectivity index (χ0n) is 17.5. The average Bonchev–Trinajstić information content (AvgIpc) is 3.24. The first kappa shape index (κ1) is 19.6. The number of benzene rings is 1. The van der Waals surface area contributed by atoms with Crippen molar-refractivity contribution in [2.24, 2.45) is 0 Å². The number of methoxy groups -OCH3 is 1. The number of hydrogen-bond acceptors (Lipinski definition) is 6. The van der Waals surface area contributed by atoms with Gasteiger partial charge in [-0.3, -0.25) is 4.98 Å². The number of halogens is 1. The molecule has 0 saturated carbocycles. The van der Waals surface area contributed by atoms with Gasteiger partial charge in [0.1, 0.15) is 17.2 Å². The molecule has 158 valence electrons. The van der Waals surface area contributed by atoms with Gasteiger partial charge in [-0.05, 0) is 30.7 Å². The largest absolute Gasteiger partial charge is 0.495 e. The summed E-state index contributed by atoms with van der Waals surface area (Å²) in [6, 6.07) is 8.15. The van der Waals surface area contributed by atoms with Gasteiger partial charge in [0.05, 0.1) is 24.0 Å². The van der Waals surface area contributed by atoms with Crippen molar-refractivity contribution >= 4 is 28.8 Å². The van der Waals surface area contributed by atoms with Crippen LogP contribution in [0.1, 0.15) is 5.56 Å². The Hall–Kier alpha value is -3.32. The maximum absolute atomic E-state index is 6.35. The van der Waals surface area contributed by atoms with Crippen molar-refractivity contribution in [1.82, 2.24) is 19.4 Å². The highest BCUT2D eigenvalue weighted by atomic mass is 35.5. The fraction of sp³-hybridized carbons (Fsp3) is 0.261. The Bertz CT molecular complexity index is 1220. The van der Waals surface area contributed by atoms with E-state index >= 15 is 0 Å². The van der Waals surface area contributed by atoms with E-state index in [1.54, 1.807) is 19.5 Å². The van der Waals surface area contributed by atoms with Crippen LogP contribution in [0.25, 0.3) is 16.9 Å². The molecule has 0 unspecified atom stereocenters. The van der Waals surface area contributed by atoms with Gasteiger partial charge in [0.2, 0.25) is 0 Å². The molecule has 31 heavy (non-hydrogen) atoms. The lowest BCUT2D eigenvalue weighted by atomic mass is 10.1. The molecule has 5 rings (SSSR count). The maximum atomic E-state index is 6.35. The molecule has 1 aliphatic rings. The smallest absolute Gasteiger partial charge is 0.147 e. The van der Waals surface area contributed by atoms with Crippen molar-refractivity contribution in [3.8, 4) is 17.0 Å². The number of aryl methyl sites for hydroxylation is 1. The fourth-order valence-corrected chi connectivity index (χ4v) is 4.27. The predicted molar refractivity (Wildman–Crippen MR) is 123 cm³/mol. The number of piperazine rings is 1. The molecule has 1 saturated heterocycles. The first-order valence-corrected chi connectivity index (χ1v) is 10.6. The van der Waals surface area contributed by atoms with E-state index in [1.165, 1.54) is 5.69 Å². The predicted octanol–water partition coefficient (Wildman–Crippen LogP) is 4.09. The lowest BCUT2D eigenvalue weighted by molar-refractivity contribution is 0.415. The molecule has 0 amide bonds. The van der Waals surface area contributed by atoms with Crippen LogP contribution < -0.4 is 14.5 Å². The van der Waals surface area contributed by atoms with Crippen molar-refractivity contribution in [2.45, 2.75) is 6.92 Å². The molecule has 4 aromatic rings. The van der Waals surface area contributed by atoms with Gasteiger partial charge < -0.3 is 18.9 Å². The zero-order chi connectivity index (χ0) is 21.4. The molecule has 0 bridgehead atoms. The van der Waals surface area contributed by atoms with Crippen molar-refractivity contribution in [2.75, 3.05) is 43.1 Å². The molecule has 3 aromatic heterocycles. The molecule has 1 aromatic carbocycles. The van der Waals surface area contributed by atoms with E-state index in [4.69, 9.17) is 21.3 Å². The van der Waals surface area contributed by atoms with Gasteiger partial charge in [0, 0.05) is 68.3 Å². The van der Waals surface area contributed by atoms with E-state index in [0.717, 1.165) is 54.5 Å². The molecule has 4 heterocycles. The Labute approximate surface area is 185 Å². The van der Waals surface area contributed by atoms with Gasteiger partial charge >= 0.3 is 0 Å². The quantitative estimate of drug-likeness (QED) is 0.482. The summed E-state index contributed by atoms with van der Waals surface area (Å²) >= 11 is 6.35. The minimum Gasteiger partial charge on any atom is -0.495 e. The van der Waals surface area contributed by atoms with Crippen LogP contribution in [-0.2, 0) is 0 Å². The van der Waals surface area contributed by atoms with E-state index in [2.05, 4.69) is 38.1 Å². The monoisotopic (exact) mass is 434 g/mol. The number of anilines is 2. The van der Waals surface area contributed by atoms with Gasteiger partial charge in [0.25, 0.3) is 0 Å². The highest BCUT2D eigenvalue weighted by Crippen LogP contribution is 2.33. The summed E-state index contributed by atoms with van der Waals surface area (Å²) in [6.45, 7) is 5.71. The standard InChI is InChI=1S/C23H23ClN6O/c1-16-11-21(31-2)19(24)13-18(16)20-15-30-6-3-17(12-22(30)27-20)28-7-9-29(10-8-28)23-14-25-4-5-26-23/h3-6,11-15H,7-10H2,1-2H3. The number of nitrogens with zero attached hydrogens (tertiary/aromatic N) is 6. The van der Waals surface area contributed by atoms with E-state index in [0.29, 0.717) is 10.8 Å². The number of hydrogen-bond donors (Lipinski definition) is 0. The van der Waals surface area contributed by atoms with Gasteiger partial charge in [0.15, 0.2) is 0 Å². The number of pyridine rings is 1. The topological polar surface area (TPSA) is 58.8 Å². The van der Waals surface area contributed by atoms with Crippen molar-refractivity contribution < 1.29 is 4.74 Å². The average molecular weight is 435 g/mol. The van der Waals surface area contributed by atoms with Gasteiger partial charge in [-0.25, -0.2) is 9.97 Å². The lowest BCUT2D eigenvalue weighted by Crippen LogP contribution is -2.46. The number of ether oxygens (including phenoxy) is 1. The Morgan fingerprint density at radius 1 is 1.03 bits per heavy atom. The van der Waals surface area contributed by atoms with Crippen molar-refractivity contribution in [3.05, 3.63) is 65.8 Å². The van der Waals surface area contributed by atoms with Crippen LogP contribution in [0.2, 0.25) is 5.02 Å². The molecule has 1 fully saturated rings. The number of rotatable bonds is 4. The Morgan fingerprint density at radius 2 is 1.84 bits per heavy atom. The molecule has 0 N–H and O–H groups in total. The summed E-state index contributed by atoms with van der Waals surface area (Å²) in [5.41, 5.74) is 5.06. The van der Waals surface area contributed by atoms with Gasteiger partial charge in [-0.15, -0.1) is 0 Å². The highest BCUT2D eigenvalue weighted by molar-refractivity contribution is 6.32. The third-order valence-corrected chi connectivity index (χ3v) is 6.03. The van der Waals surface area contributed by atoms with E-state index in [-0.39, 0.29) is 0 Å². The van der Waals surface area contributed by atoms with Crippen LogP contribution >= 0.6 is 11.6 Å². The summed E-state index contributed by atoms with van der Waals surface area (Å²) in [4.78, 5) is 18.1. The van der Waals surface area contributed by atoms with Crippen LogP contribution in [0.4, 0.5) is 11.5 Å². The number of imidazole rings is 1. The minimum atomic E-state index is 0.585. The Balaban J connectivity index is 1.38. The van der Waals surface area contributed by atoms with Crippen LogP contribution in [0.3, 0.4) is 0 Å². The minimum absolute atomic E-state index is 0.585. The van der Waals surface area contributed by atoms with Crippen molar-refractivity contribution in [1.29, 1.82) is 0 Å². The Morgan fingerprint density at radius 3 is 2.58 bits per heavy atom. The summed E-state index contributed by atoms with van der Waals surface area (Å²) in [6.07, 6.45) is 9.37. The maximum Gasteiger partial charge on any atom is 0.147 e. The number of aromatic nitrogens is 4. The first-order valence-electron chi connectivity index (χ1n) is 10.2. The molecular weight excluding hydrogens is 412 g/mol. The summed E-state index contributed by atoms with van der Waals surface area (Å²) in [5, 5.41) is 0.585. The van der Waals surface area contributed by atoms with E-state index in [9.17, 15) is 0 Å².